The van der Waals surface area contributed by atoms with Crippen LogP contribution in [0.5, 0.6) is 0 Å². The summed E-state index contributed by atoms with van der Waals surface area (Å²) in [5.74, 6) is 0.270. The zero-order valence-corrected chi connectivity index (χ0v) is 20.4. The molecule has 0 amide bonds. The Morgan fingerprint density at radius 3 is 2.26 bits per heavy atom. The van der Waals surface area contributed by atoms with Gasteiger partial charge in [0.1, 0.15) is 11.7 Å². The van der Waals surface area contributed by atoms with E-state index in [2.05, 4.69) is 55.1 Å². The van der Waals surface area contributed by atoms with E-state index in [0.29, 0.717) is 5.76 Å². The summed E-state index contributed by atoms with van der Waals surface area (Å²) in [6, 6.07) is 19.9. The summed E-state index contributed by atoms with van der Waals surface area (Å²) < 4.78 is 13.4. The minimum absolute atomic E-state index is 0.0594. The summed E-state index contributed by atoms with van der Waals surface area (Å²) >= 11 is 0. The number of esters is 1. The van der Waals surface area contributed by atoms with E-state index in [1.807, 2.05) is 56.6 Å². The van der Waals surface area contributed by atoms with Gasteiger partial charge in [0.2, 0.25) is 6.79 Å². The summed E-state index contributed by atoms with van der Waals surface area (Å²) in [4.78, 5) is 16.8. The minimum Gasteiger partial charge on any atom is -0.455 e. The van der Waals surface area contributed by atoms with Gasteiger partial charge in [-0.15, -0.1) is 0 Å². The number of aryl methyl sites for hydroxylation is 2. The van der Waals surface area contributed by atoms with Crippen molar-refractivity contribution in [3.8, 4) is 0 Å². The van der Waals surface area contributed by atoms with Crippen molar-refractivity contribution in [2.75, 3.05) is 6.79 Å². The topological polar surface area (TPSA) is 65.7 Å². The molecular formula is C28H31N3O3. The molecule has 0 aliphatic carbocycles. The molecule has 0 saturated heterocycles. The van der Waals surface area contributed by atoms with Gasteiger partial charge < -0.3 is 9.47 Å². The lowest BCUT2D eigenvalue weighted by atomic mass is 9.86. The van der Waals surface area contributed by atoms with Crippen LogP contribution in [-0.4, -0.2) is 34.8 Å². The number of aliphatic imine (C=N–C) groups is 1. The molecule has 176 valence electrons. The average molecular weight is 458 g/mol. The van der Waals surface area contributed by atoms with Crippen LogP contribution >= 0.6 is 0 Å². The number of nitrogens with zero attached hydrogens (tertiary/aromatic N) is 3. The minimum atomic E-state index is -0.342. The highest BCUT2D eigenvalue weighted by atomic mass is 16.7. The molecular weight excluding hydrogens is 426 g/mol. The van der Waals surface area contributed by atoms with Gasteiger partial charge in [-0.05, 0) is 35.1 Å². The number of hydrogen-bond acceptors (Lipinski definition) is 5. The van der Waals surface area contributed by atoms with Crippen LogP contribution < -0.4 is 0 Å². The Labute approximate surface area is 200 Å². The van der Waals surface area contributed by atoms with Crippen LogP contribution in [0, 0.1) is 6.92 Å². The Morgan fingerprint density at radius 2 is 1.71 bits per heavy atom. The van der Waals surface area contributed by atoms with Gasteiger partial charge in [0.05, 0.1) is 12.1 Å². The third-order valence-electron chi connectivity index (χ3n) is 5.75. The molecule has 1 aliphatic rings. The first-order chi connectivity index (χ1) is 16.2. The zero-order chi connectivity index (χ0) is 24.3. The maximum atomic E-state index is 12.4. The van der Waals surface area contributed by atoms with E-state index in [1.165, 1.54) is 5.56 Å². The molecule has 0 fully saturated rings. The summed E-state index contributed by atoms with van der Waals surface area (Å²) in [5.41, 5.74) is 5.84. The van der Waals surface area contributed by atoms with Crippen molar-refractivity contribution in [1.82, 2.24) is 9.78 Å². The van der Waals surface area contributed by atoms with E-state index in [4.69, 9.17) is 9.47 Å². The molecule has 2 aromatic carbocycles. The molecule has 0 radical (unpaired) electrons. The second-order valence-electron chi connectivity index (χ2n) is 9.55. The normalized spacial score (nSPS) is 15.6. The zero-order valence-electron chi connectivity index (χ0n) is 20.4. The number of rotatable bonds is 8. The lowest BCUT2D eigenvalue weighted by molar-refractivity contribution is -0.150. The summed E-state index contributed by atoms with van der Waals surface area (Å²) in [7, 11) is 1.88. The monoisotopic (exact) mass is 457 g/mol. The van der Waals surface area contributed by atoms with Gasteiger partial charge in [0.25, 0.3) is 0 Å². The van der Waals surface area contributed by atoms with Crippen molar-refractivity contribution in [3.63, 3.8) is 0 Å². The van der Waals surface area contributed by atoms with E-state index in [9.17, 15) is 4.79 Å². The van der Waals surface area contributed by atoms with Crippen molar-refractivity contribution in [2.45, 2.75) is 45.6 Å². The maximum Gasteiger partial charge on any atom is 0.313 e. The third kappa shape index (κ3) is 5.63. The van der Waals surface area contributed by atoms with Crippen molar-refractivity contribution in [1.29, 1.82) is 0 Å². The van der Waals surface area contributed by atoms with Crippen molar-refractivity contribution < 1.29 is 14.3 Å². The number of carbonyl (C=O) groups excluding carboxylic acids is 1. The number of aromatic nitrogens is 2. The summed E-state index contributed by atoms with van der Waals surface area (Å²) in [5, 5.41) is 4.49. The first-order valence-corrected chi connectivity index (χ1v) is 11.4. The maximum absolute atomic E-state index is 12.4. The molecule has 1 atom stereocenters. The largest absolute Gasteiger partial charge is 0.455 e. The molecule has 0 N–H and O–H groups in total. The van der Waals surface area contributed by atoms with Gasteiger partial charge in [0, 0.05) is 18.8 Å². The van der Waals surface area contributed by atoms with Crippen molar-refractivity contribution in [2.24, 2.45) is 12.0 Å². The van der Waals surface area contributed by atoms with E-state index in [-0.39, 0.29) is 30.6 Å². The lowest BCUT2D eigenvalue weighted by Gasteiger charge is -2.20. The van der Waals surface area contributed by atoms with Gasteiger partial charge in [-0.3, -0.25) is 14.5 Å². The fourth-order valence-electron chi connectivity index (χ4n) is 3.86. The molecule has 6 heteroatoms. The van der Waals surface area contributed by atoms with Gasteiger partial charge in [0.15, 0.2) is 5.76 Å². The van der Waals surface area contributed by atoms with Crippen molar-refractivity contribution >= 4 is 23.5 Å². The molecule has 0 spiro atoms. The van der Waals surface area contributed by atoms with Crippen LogP contribution in [0.1, 0.15) is 48.8 Å². The Bertz CT molecular complexity index is 1210. The fourth-order valence-corrected chi connectivity index (χ4v) is 3.86. The van der Waals surface area contributed by atoms with Crippen LogP contribution in [-0.2, 0) is 33.2 Å². The average Bonchev–Trinajstić information content (AvgIpc) is 3.56. The van der Waals surface area contributed by atoms with Crippen molar-refractivity contribution in [3.05, 3.63) is 88.7 Å². The SMILES string of the molecule is Cc1cc(/C(OCOC(=O)Cc2ccccc2)=C(/c2ccc(C(C)(C)C)cc2)C2C=N2)n(C)n1. The predicted molar refractivity (Wildman–Crippen MR) is 134 cm³/mol. The molecule has 0 saturated carbocycles. The van der Waals surface area contributed by atoms with Crippen LogP contribution in [0.25, 0.3) is 11.3 Å². The highest BCUT2D eigenvalue weighted by molar-refractivity contribution is 6.03. The summed E-state index contributed by atoms with van der Waals surface area (Å²) in [6.45, 7) is 8.33. The summed E-state index contributed by atoms with van der Waals surface area (Å²) in [6.07, 6.45) is 2.09. The highest BCUT2D eigenvalue weighted by Crippen LogP contribution is 2.35. The van der Waals surface area contributed by atoms with Gasteiger partial charge in [-0.25, -0.2) is 0 Å². The van der Waals surface area contributed by atoms with Gasteiger partial charge in [-0.2, -0.15) is 5.10 Å². The first-order valence-electron chi connectivity index (χ1n) is 11.4. The molecule has 4 rings (SSSR count). The number of ether oxygens (including phenoxy) is 2. The van der Waals surface area contributed by atoms with Crippen LogP contribution in [0.2, 0.25) is 0 Å². The van der Waals surface area contributed by atoms with Crippen LogP contribution in [0.15, 0.2) is 65.7 Å². The Hall–Kier alpha value is -3.67. The molecule has 34 heavy (non-hydrogen) atoms. The molecule has 1 aliphatic heterocycles. The number of hydrogen-bond donors (Lipinski definition) is 0. The number of benzene rings is 2. The first kappa shape index (κ1) is 23.5. The second kappa shape index (κ2) is 9.67. The predicted octanol–water partition coefficient (Wildman–Crippen LogP) is 5.11. The molecule has 1 unspecified atom stereocenters. The molecule has 0 bridgehead atoms. The van der Waals surface area contributed by atoms with E-state index >= 15 is 0 Å². The van der Waals surface area contributed by atoms with Gasteiger partial charge in [-0.1, -0.05) is 75.4 Å². The standard InChI is InChI=1S/C28H31N3O3/c1-19-15-24(31(5)30-19)27(34-18-33-25(32)16-20-9-7-6-8-10-20)26(23-17-29-23)21-11-13-22(14-12-21)28(2,3)4/h6-15,17,23H,16,18H2,1-5H3/b27-26+. The molecule has 6 nitrogen and oxygen atoms in total. The van der Waals surface area contributed by atoms with E-state index in [1.54, 1.807) is 4.68 Å². The molecule has 3 aromatic rings. The highest BCUT2D eigenvalue weighted by Gasteiger charge is 2.28. The van der Waals surface area contributed by atoms with Crippen LogP contribution in [0.4, 0.5) is 0 Å². The Kier molecular flexibility index (Phi) is 6.68. The quantitative estimate of drug-likeness (QED) is 0.268. The number of carbonyl (C=O) groups is 1. The Morgan fingerprint density at radius 1 is 1.03 bits per heavy atom. The molecule has 1 aromatic heterocycles. The van der Waals surface area contributed by atoms with Crippen LogP contribution in [0.3, 0.4) is 0 Å². The lowest BCUT2D eigenvalue weighted by Crippen LogP contribution is -2.14. The smallest absolute Gasteiger partial charge is 0.313 e. The van der Waals surface area contributed by atoms with Gasteiger partial charge >= 0.3 is 5.97 Å². The van der Waals surface area contributed by atoms with E-state index < -0.39 is 0 Å². The fraction of sp³-hybridized carbons (Fsp3) is 0.321. The molecule has 2 heterocycles. The third-order valence-corrected chi connectivity index (χ3v) is 5.75. The Balaban J connectivity index is 1.61. The van der Waals surface area contributed by atoms with E-state index in [0.717, 1.165) is 28.1 Å². The second-order valence-corrected chi connectivity index (χ2v) is 9.55.